The van der Waals surface area contributed by atoms with Gasteiger partial charge in [0.1, 0.15) is 5.75 Å². The fourth-order valence-electron chi connectivity index (χ4n) is 1.67. The van der Waals surface area contributed by atoms with E-state index in [0.717, 1.165) is 39.8 Å². The predicted molar refractivity (Wildman–Crippen MR) is 81.9 cm³/mol. The smallest absolute Gasteiger partial charge is 0.209 e. The quantitative estimate of drug-likeness (QED) is 0.474. The van der Waals surface area contributed by atoms with Gasteiger partial charge in [-0.2, -0.15) is 0 Å². The molecule has 116 valence electrons. The number of tetrazole rings is 1. The number of aryl methyl sites for hydroxylation is 1. The van der Waals surface area contributed by atoms with E-state index in [0.29, 0.717) is 0 Å². The second-order valence-corrected chi connectivity index (χ2v) is 6.04. The van der Waals surface area contributed by atoms with Crippen molar-refractivity contribution in [3.8, 4) is 5.75 Å². The summed E-state index contributed by atoms with van der Waals surface area (Å²) in [5.74, 6) is 1.80. The lowest BCUT2D eigenvalue weighted by Crippen LogP contribution is -3.00. The minimum atomic E-state index is 0. The molecule has 1 N–H and O–H groups in total. The molecule has 0 aliphatic heterocycles. The molecule has 0 saturated heterocycles. The van der Waals surface area contributed by atoms with Crippen molar-refractivity contribution in [3.05, 3.63) is 28.2 Å². The Morgan fingerprint density at radius 3 is 2.90 bits per heavy atom. The highest BCUT2D eigenvalue weighted by Crippen LogP contribution is 2.22. The van der Waals surface area contributed by atoms with Crippen molar-refractivity contribution < 1.29 is 17.1 Å². The molecule has 0 unspecified atom stereocenters. The molecule has 0 aliphatic rings. The summed E-state index contributed by atoms with van der Waals surface area (Å²) in [6, 6.07) is 5.99. The van der Waals surface area contributed by atoms with E-state index >= 15 is 0 Å². The lowest BCUT2D eigenvalue weighted by Gasteiger charge is -2.10. The monoisotopic (exact) mass is 392 g/mol. The van der Waals surface area contributed by atoms with Gasteiger partial charge in [-0.3, -0.25) is 0 Å². The minimum Gasteiger partial charge on any atom is -1.00 e. The molecule has 2 aromatic rings. The van der Waals surface area contributed by atoms with E-state index < -0.39 is 0 Å². The zero-order valence-electron chi connectivity index (χ0n) is 11.7. The largest absolute Gasteiger partial charge is 1.00 e. The molecule has 1 aromatic heterocycles. The standard InChI is InChI=1S/C12H16BrN5OS.ClH/c1-18-12(15-16-17-18)20-6-5-14-8-9-7-10(13)3-4-11(9)19-2;/h3-4,7,14H,5-6,8H2,1-2H3;1H/p-1. The first-order valence-corrected chi connectivity index (χ1v) is 7.87. The summed E-state index contributed by atoms with van der Waals surface area (Å²) in [6.45, 7) is 1.63. The third-order valence-corrected chi connectivity index (χ3v) is 4.15. The fourth-order valence-corrected chi connectivity index (χ4v) is 2.82. The second-order valence-electron chi connectivity index (χ2n) is 4.07. The Morgan fingerprint density at radius 1 is 1.43 bits per heavy atom. The van der Waals surface area contributed by atoms with Gasteiger partial charge in [0.15, 0.2) is 0 Å². The number of hydrogen-bond donors (Lipinski definition) is 1. The van der Waals surface area contributed by atoms with Crippen LogP contribution in [-0.2, 0) is 13.6 Å². The van der Waals surface area contributed by atoms with Crippen molar-refractivity contribution in [3.63, 3.8) is 0 Å². The molecule has 0 spiro atoms. The normalized spacial score (nSPS) is 10.2. The number of benzene rings is 1. The molecule has 9 heteroatoms. The van der Waals surface area contributed by atoms with Gasteiger partial charge in [0.2, 0.25) is 5.16 Å². The Balaban J connectivity index is 0.00000220. The number of hydrogen-bond acceptors (Lipinski definition) is 6. The summed E-state index contributed by atoms with van der Waals surface area (Å²) in [6.07, 6.45) is 0. The molecule has 0 amide bonds. The Morgan fingerprint density at radius 2 is 2.24 bits per heavy atom. The number of nitrogens with one attached hydrogen (secondary N) is 1. The zero-order valence-corrected chi connectivity index (χ0v) is 14.9. The number of aromatic nitrogens is 4. The molecule has 6 nitrogen and oxygen atoms in total. The van der Waals surface area contributed by atoms with Crippen LogP contribution in [0.25, 0.3) is 0 Å². The van der Waals surface area contributed by atoms with Gasteiger partial charge in [-0.05, 0) is 28.6 Å². The third kappa shape index (κ3) is 5.46. The van der Waals surface area contributed by atoms with Gasteiger partial charge < -0.3 is 22.5 Å². The molecule has 0 fully saturated rings. The highest BCUT2D eigenvalue weighted by Gasteiger charge is 2.04. The molecule has 0 atom stereocenters. The van der Waals surface area contributed by atoms with Gasteiger partial charge in [0.25, 0.3) is 0 Å². The average molecular weight is 394 g/mol. The van der Waals surface area contributed by atoms with Crippen molar-refractivity contribution in [1.82, 2.24) is 25.5 Å². The molecule has 2 rings (SSSR count). The minimum absolute atomic E-state index is 0. The van der Waals surface area contributed by atoms with Crippen molar-refractivity contribution in [2.75, 3.05) is 19.4 Å². The Bertz CT molecular complexity index is 568. The molecular weight excluding hydrogens is 378 g/mol. The molecule has 0 aliphatic carbocycles. The number of methoxy groups -OCH3 is 1. The Kier molecular flexibility index (Phi) is 8.02. The van der Waals surface area contributed by atoms with Crippen LogP contribution in [0.15, 0.2) is 27.8 Å². The molecule has 0 radical (unpaired) electrons. The summed E-state index contributed by atoms with van der Waals surface area (Å²) in [5.41, 5.74) is 1.13. The zero-order chi connectivity index (χ0) is 14.4. The first-order chi connectivity index (χ1) is 9.70. The topological polar surface area (TPSA) is 64.9 Å². The lowest BCUT2D eigenvalue weighted by atomic mass is 10.2. The van der Waals surface area contributed by atoms with E-state index in [1.54, 1.807) is 23.6 Å². The van der Waals surface area contributed by atoms with Crippen LogP contribution in [0.5, 0.6) is 5.75 Å². The molecule has 21 heavy (non-hydrogen) atoms. The van der Waals surface area contributed by atoms with Gasteiger partial charge in [-0.1, -0.05) is 27.7 Å². The third-order valence-electron chi connectivity index (χ3n) is 2.65. The van der Waals surface area contributed by atoms with E-state index in [1.807, 2.05) is 19.2 Å². The summed E-state index contributed by atoms with van der Waals surface area (Å²) in [5, 5.41) is 15.5. The first kappa shape index (κ1) is 18.2. The highest BCUT2D eigenvalue weighted by molar-refractivity contribution is 9.10. The van der Waals surface area contributed by atoms with Gasteiger partial charge in [-0.25, -0.2) is 4.68 Å². The summed E-state index contributed by atoms with van der Waals surface area (Å²) >= 11 is 5.10. The first-order valence-electron chi connectivity index (χ1n) is 6.09. The van der Waals surface area contributed by atoms with Crippen molar-refractivity contribution in [2.24, 2.45) is 7.05 Å². The SMILES string of the molecule is COc1ccc(Br)cc1CNCCSc1nnnn1C.[Cl-]. The van der Waals surface area contributed by atoms with Crippen LogP contribution in [0.3, 0.4) is 0 Å². The Hall–Kier alpha value is -0.830. The molecule has 1 aromatic carbocycles. The molecule has 1 heterocycles. The number of thioether (sulfide) groups is 1. The number of rotatable bonds is 7. The van der Waals surface area contributed by atoms with Crippen LogP contribution in [0.1, 0.15) is 5.56 Å². The maximum atomic E-state index is 5.34. The van der Waals surface area contributed by atoms with Gasteiger partial charge in [0, 0.05) is 35.9 Å². The van der Waals surface area contributed by atoms with Crippen LogP contribution < -0.4 is 22.5 Å². The predicted octanol–water partition coefficient (Wildman–Crippen LogP) is -1.13. The average Bonchev–Trinajstić information content (AvgIpc) is 2.84. The summed E-state index contributed by atoms with van der Waals surface area (Å²) in [7, 11) is 3.52. The molecular formula is C12H16BrClN5OS-. The van der Waals surface area contributed by atoms with Gasteiger partial charge in [-0.15, -0.1) is 5.10 Å². The van der Waals surface area contributed by atoms with Crippen molar-refractivity contribution >= 4 is 27.7 Å². The van der Waals surface area contributed by atoms with E-state index in [-0.39, 0.29) is 12.4 Å². The van der Waals surface area contributed by atoms with Crippen LogP contribution in [0, 0.1) is 0 Å². The van der Waals surface area contributed by atoms with Crippen LogP contribution in [-0.4, -0.2) is 39.6 Å². The van der Waals surface area contributed by atoms with E-state index in [1.165, 1.54) is 0 Å². The summed E-state index contributed by atoms with van der Waals surface area (Å²) in [4.78, 5) is 0. The molecule has 0 bridgehead atoms. The highest BCUT2D eigenvalue weighted by atomic mass is 79.9. The maximum absolute atomic E-state index is 5.34. The van der Waals surface area contributed by atoms with E-state index in [2.05, 4.69) is 42.8 Å². The van der Waals surface area contributed by atoms with Crippen molar-refractivity contribution in [2.45, 2.75) is 11.7 Å². The van der Waals surface area contributed by atoms with E-state index in [9.17, 15) is 0 Å². The summed E-state index contributed by atoms with van der Waals surface area (Å²) < 4.78 is 8.06. The van der Waals surface area contributed by atoms with Crippen molar-refractivity contribution in [1.29, 1.82) is 0 Å². The maximum Gasteiger partial charge on any atom is 0.209 e. The van der Waals surface area contributed by atoms with Crippen LogP contribution >= 0.6 is 27.7 Å². The van der Waals surface area contributed by atoms with Gasteiger partial charge >= 0.3 is 0 Å². The van der Waals surface area contributed by atoms with Crippen LogP contribution in [0.4, 0.5) is 0 Å². The lowest BCUT2D eigenvalue weighted by molar-refractivity contribution is -0.00000451. The van der Waals surface area contributed by atoms with Crippen LogP contribution in [0.2, 0.25) is 0 Å². The number of ether oxygens (including phenoxy) is 1. The fraction of sp³-hybridized carbons (Fsp3) is 0.417. The number of nitrogens with zero attached hydrogens (tertiary/aromatic N) is 4. The molecule has 0 saturated carbocycles. The van der Waals surface area contributed by atoms with Gasteiger partial charge in [0.05, 0.1) is 7.11 Å². The van der Waals surface area contributed by atoms with E-state index in [4.69, 9.17) is 4.74 Å². The number of halogens is 2. The second kappa shape index (κ2) is 9.24. The Labute approximate surface area is 142 Å².